The van der Waals surface area contributed by atoms with Crippen molar-refractivity contribution < 1.29 is 0 Å². The van der Waals surface area contributed by atoms with Crippen LogP contribution in [0.1, 0.15) is 18.1 Å². The number of nitrogens with two attached hydrogens (primary N) is 1. The van der Waals surface area contributed by atoms with E-state index in [0.29, 0.717) is 0 Å². The third kappa shape index (κ3) is 5.01. The third-order valence-electron chi connectivity index (χ3n) is 10.3. The molecule has 1 atom stereocenters. The molecular formula is C48H36N2. The molecule has 0 saturated carbocycles. The minimum Gasteiger partial charge on any atom is -0.318 e. The van der Waals surface area contributed by atoms with Gasteiger partial charge in [-0.05, 0) is 104 Å². The molecule has 0 spiro atoms. The summed E-state index contributed by atoms with van der Waals surface area (Å²) in [5.41, 5.74) is 21.7. The van der Waals surface area contributed by atoms with Crippen molar-refractivity contribution in [2.75, 3.05) is 4.90 Å². The van der Waals surface area contributed by atoms with E-state index in [9.17, 15) is 0 Å². The maximum atomic E-state index is 7.08. The van der Waals surface area contributed by atoms with E-state index in [1.165, 1.54) is 55.3 Å². The van der Waals surface area contributed by atoms with Crippen LogP contribution in [0, 0.1) is 0 Å². The predicted molar refractivity (Wildman–Crippen MR) is 211 cm³/mol. The minimum absolute atomic E-state index is 0.564. The molecule has 0 amide bonds. The van der Waals surface area contributed by atoms with Crippen molar-refractivity contribution in [3.63, 3.8) is 0 Å². The van der Waals surface area contributed by atoms with Crippen LogP contribution in [0.2, 0.25) is 0 Å². The molecule has 2 nitrogen and oxygen atoms in total. The Kier molecular flexibility index (Phi) is 7.19. The highest BCUT2D eigenvalue weighted by atomic mass is 15.1. The maximum Gasteiger partial charge on any atom is 0.0649 e. The summed E-state index contributed by atoms with van der Waals surface area (Å²) in [5.74, 6) is 0. The Balaban J connectivity index is 1.23. The van der Waals surface area contributed by atoms with Crippen molar-refractivity contribution in [2.24, 2.45) is 5.73 Å². The number of hydrogen-bond donors (Lipinski definition) is 1. The van der Waals surface area contributed by atoms with Gasteiger partial charge < -0.3 is 10.6 Å². The standard InChI is InChI=1S/C48H36N2/c1-48(49)45-21-11-10-20-42(45)43-29-25-37(31-46(43)48)40-30-28-39(32-44(40)36-15-6-3-7-16-36)50(47-22-12-18-35-17-8-9-19-41(35)47)38-26-23-34(24-27-38)33-13-4-2-5-14-33/h2-32H,49H2,1H3. The lowest BCUT2D eigenvalue weighted by atomic mass is 9.87. The van der Waals surface area contributed by atoms with Gasteiger partial charge in [-0.3, -0.25) is 0 Å². The van der Waals surface area contributed by atoms with E-state index in [1.54, 1.807) is 0 Å². The topological polar surface area (TPSA) is 29.3 Å². The Morgan fingerprint density at radius 2 is 0.980 bits per heavy atom. The Morgan fingerprint density at radius 1 is 0.400 bits per heavy atom. The number of fused-ring (bicyclic) bond motifs is 4. The van der Waals surface area contributed by atoms with E-state index in [0.717, 1.165) is 28.2 Å². The summed E-state index contributed by atoms with van der Waals surface area (Å²) in [7, 11) is 0. The van der Waals surface area contributed by atoms with Gasteiger partial charge in [0.25, 0.3) is 0 Å². The van der Waals surface area contributed by atoms with E-state index < -0.39 is 5.54 Å². The molecule has 8 aromatic rings. The second kappa shape index (κ2) is 12.0. The molecule has 2 N–H and O–H groups in total. The maximum absolute atomic E-state index is 7.08. The molecule has 0 bridgehead atoms. The highest BCUT2D eigenvalue weighted by Crippen LogP contribution is 2.48. The molecule has 0 radical (unpaired) electrons. The van der Waals surface area contributed by atoms with Gasteiger partial charge in [0.15, 0.2) is 0 Å². The molecule has 238 valence electrons. The summed E-state index contributed by atoms with van der Waals surface area (Å²) in [4.78, 5) is 2.39. The van der Waals surface area contributed by atoms with Crippen molar-refractivity contribution in [2.45, 2.75) is 12.5 Å². The smallest absolute Gasteiger partial charge is 0.0649 e. The van der Waals surface area contributed by atoms with Gasteiger partial charge in [0.1, 0.15) is 0 Å². The zero-order valence-corrected chi connectivity index (χ0v) is 27.9. The monoisotopic (exact) mass is 640 g/mol. The quantitative estimate of drug-likeness (QED) is 0.196. The van der Waals surface area contributed by atoms with Crippen LogP contribution in [0.3, 0.4) is 0 Å². The molecule has 50 heavy (non-hydrogen) atoms. The van der Waals surface area contributed by atoms with Crippen LogP contribution in [-0.4, -0.2) is 0 Å². The van der Waals surface area contributed by atoms with Crippen molar-refractivity contribution in [3.05, 3.63) is 199 Å². The summed E-state index contributed by atoms with van der Waals surface area (Å²) in [6.45, 7) is 2.13. The van der Waals surface area contributed by atoms with Crippen LogP contribution in [0.25, 0.3) is 55.3 Å². The van der Waals surface area contributed by atoms with Crippen LogP contribution in [-0.2, 0) is 5.54 Å². The average molecular weight is 641 g/mol. The molecule has 0 heterocycles. The van der Waals surface area contributed by atoms with Gasteiger partial charge in [0.05, 0.1) is 11.2 Å². The highest BCUT2D eigenvalue weighted by Gasteiger charge is 2.36. The van der Waals surface area contributed by atoms with Gasteiger partial charge >= 0.3 is 0 Å². The summed E-state index contributed by atoms with van der Waals surface area (Å²) in [6, 6.07) is 67.6. The summed E-state index contributed by atoms with van der Waals surface area (Å²) >= 11 is 0. The van der Waals surface area contributed by atoms with E-state index in [1.807, 2.05) is 0 Å². The summed E-state index contributed by atoms with van der Waals surface area (Å²) in [5, 5.41) is 2.41. The van der Waals surface area contributed by atoms with E-state index in [-0.39, 0.29) is 0 Å². The van der Waals surface area contributed by atoms with Crippen molar-refractivity contribution in [3.8, 4) is 44.5 Å². The number of nitrogens with zero attached hydrogens (tertiary/aromatic N) is 1. The summed E-state index contributed by atoms with van der Waals surface area (Å²) < 4.78 is 0. The predicted octanol–water partition coefficient (Wildman–Crippen LogP) is 12.5. The van der Waals surface area contributed by atoms with Crippen LogP contribution in [0.15, 0.2) is 188 Å². The Bertz CT molecular complexity index is 2490. The first kappa shape index (κ1) is 29.9. The second-order valence-electron chi connectivity index (χ2n) is 13.4. The molecule has 1 aliphatic carbocycles. The normalized spacial score (nSPS) is 14.7. The van der Waals surface area contributed by atoms with Gasteiger partial charge in [-0.1, -0.05) is 152 Å². The molecule has 8 aromatic carbocycles. The highest BCUT2D eigenvalue weighted by molar-refractivity contribution is 6.00. The molecule has 2 heteroatoms. The summed E-state index contributed by atoms with van der Waals surface area (Å²) in [6.07, 6.45) is 0. The fourth-order valence-corrected chi connectivity index (χ4v) is 7.74. The minimum atomic E-state index is -0.564. The van der Waals surface area contributed by atoms with Crippen LogP contribution < -0.4 is 10.6 Å². The fraction of sp³-hybridized carbons (Fsp3) is 0.0417. The van der Waals surface area contributed by atoms with E-state index >= 15 is 0 Å². The SMILES string of the molecule is CC1(N)c2ccccc2-c2ccc(-c3ccc(N(c4ccc(-c5ccccc5)cc4)c4cccc5ccccc45)cc3-c3ccccc3)cc21. The fourth-order valence-electron chi connectivity index (χ4n) is 7.74. The molecule has 0 aliphatic heterocycles. The van der Waals surface area contributed by atoms with Crippen LogP contribution in [0.4, 0.5) is 17.1 Å². The number of rotatable bonds is 6. The van der Waals surface area contributed by atoms with Gasteiger partial charge in [0.2, 0.25) is 0 Å². The van der Waals surface area contributed by atoms with E-state index in [4.69, 9.17) is 5.73 Å². The lowest BCUT2D eigenvalue weighted by molar-refractivity contribution is 0.621. The van der Waals surface area contributed by atoms with Gasteiger partial charge in [-0.25, -0.2) is 0 Å². The number of benzene rings is 8. The van der Waals surface area contributed by atoms with Crippen molar-refractivity contribution in [1.29, 1.82) is 0 Å². The molecule has 0 saturated heterocycles. The van der Waals surface area contributed by atoms with Gasteiger partial charge in [0, 0.05) is 16.8 Å². The van der Waals surface area contributed by atoms with Crippen LogP contribution >= 0.6 is 0 Å². The first-order valence-electron chi connectivity index (χ1n) is 17.2. The largest absolute Gasteiger partial charge is 0.318 e. The van der Waals surface area contributed by atoms with Crippen molar-refractivity contribution in [1.82, 2.24) is 0 Å². The van der Waals surface area contributed by atoms with Gasteiger partial charge in [-0.15, -0.1) is 0 Å². The zero-order chi connectivity index (χ0) is 33.7. The number of anilines is 3. The number of hydrogen-bond acceptors (Lipinski definition) is 2. The first-order valence-corrected chi connectivity index (χ1v) is 17.2. The molecule has 1 unspecified atom stereocenters. The molecular weight excluding hydrogens is 605 g/mol. The Morgan fingerprint density at radius 3 is 1.78 bits per heavy atom. The first-order chi connectivity index (χ1) is 24.6. The lowest BCUT2D eigenvalue weighted by Gasteiger charge is -2.28. The Labute approximate surface area is 293 Å². The molecule has 1 aliphatic rings. The van der Waals surface area contributed by atoms with Crippen LogP contribution in [0.5, 0.6) is 0 Å². The van der Waals surface area contributed by atoms with Gasteiger partial charge in [-0.2, -0.15) is 0 Å². The lowest BCUT2D eigenvalue weighted by Crippen LogP contribution is -2.31. The molecule has 0 aromatic heterocycles. The Hall–Kier alpha value is -6.22. The third-order valence-corrected chi connectivity index (χ3v) is 10.3. The molecule has 0 fully saturated rings. The average Bonchev–Trinajstić information content (AvgIpc) is 3.41. The molecule has 9 rings (SSSR count). The zero-order valence-electron chi connectivity index (χ0n) is 27.9. The second-order valence-corrected chi connectivity index (χ2v) is 13.4. The van der Waals surface area contributed by atoms with Crippen molar-refractivity contribution >= 4 is 27.8 Å². The van der Waals surface area contributed by atoms with E-state index in [2.05, 4.69) is 200 Å².